The molecule has 29 heavy (non-hydrogen) atoms. The normalized spacial score (nSPS) is 14.6. The number of pyridine rings is 1. The summed E-state index contributed by atoms with van der Waals surface area (Å²) in [6, 6.07) is 12.0. The number of unbranched alkanes of at least 4 members (excludes halogenated alkanes) is 1. The molecular formula is C23H31N3O3. The van der Waals surface area contributed by atoms with Gasteiger partial charge in [0.25, 0.3) is 0 Å². The summed E-state index contributed by atoms with van der Waals surface area (Å²) in [6.45, 7) is 9.55. The number of benzene rings is 1. The zero-order chi connectivity index (χ0) is 20.5. The van der Waals surface area contributed by atoms with E-state index in [9.17, 15) is 4.79 Å². The molecule has 1 aromatic carbocycles. The Bertz CT molecular complexity index is 771. The molecule has 1 saturated heterocycles. The summed E-state index contributed by atoms with van der Waals surface area (Å²) < 4.78 is 10.9. The fourth-order valence-electron chi connectivity index (χ4n) is 3.42. The Kier molecular flexibility index (Phi) is 7.87. The molecule has 6 heteroatoms. The summed E-state index contributed by atoms with van der Waals surface area (Å²) in [4.78, 5) is 21.3. The molecule has 0 amide bonds. The van der Waals surface area contributed by atoms with Crippen molar-refractivity contribution in [2.45, 2.75) is 33.2 Å². The van der Waals surface area contributed by atoms with Crippen molar-refractivity contribution in [3.8, 4) is 5.75 Å². The van der Waals surface area contributed by atoms with Gasteiger partial charge in [-0.1, -0.05) is 25.5 Å². The van der Waals surface area contributed by atoms with Crippen LogP contribution in [0.2, 0.25) is 0 Å². The fourth-order valence-corrected chi connectivity index (χ4v) is 3.42. The van der Waals surface area contributed by atoms with Crippen molar-refractivity contribution in [2.24, 2.45) is 0 Å². The molecular weight excluding hydrogens is 366 g/mol. The van der Waals surface area contributed by atoms with E-state index in [1.54, 1.807) is 18.3 Å². The van der Waals surface area contributed by atoms with E-state index < -0.39 is 0 Å². The smallest absolute Gasteiger partial charge is 0.341 e. The Labute approximate surface area is 173 Å². The Morgan fingerprint density at radius 3 is 2.52 bits per heavy atom. The van der Waals surface area contributed by atoms with Gasteiger partial charge in [0, 0.05) is 38.9 Å². The van der Waals surface area contributed by atoms with E-state index >= 15 is 0 Å². The molecule has 1 fully saturated rings. The molecule has 0 bridgehead atoms. The highest BCUT2D eigenvalue weighted by molar-refractivity contribution is 5.94. The summed E-state index contributed by atoms with van der Waals surface area (Å²) in [5.41, 5.74) is 1.83. The third-order valence-corrected chi connectivity index (χ3v) is 5.05. The molecule has 156 valence electrons. The van der Waals surface area contributed by atoms with Gasteiger partial charge in [-0.25, -0.2) is 9.78 Å². The third kappa shape index (κ3) is 5.94. The van der Waals surface area contributed by atoms with E-state index in [0.717, 1.165) is 63.7 Å². The fraction of sp³-hybridized carbons (Fsp3) is 0.478. The molecule has 0 unspecified atom stereocenters. The van der Waals surface area contributed by atoms with Crippen LogP contribution in [-0.4, -0.2) is 55.2 Å². The summed E-state index contributed by atoms with van der Waals surface area (Å²) >= 11 is 0. The Balaban J connectivity index is 1.53. The van der Waals surface area contributed by atoms with Gasteiger partial charge in [0.05, 0.1) is 13.2 Å². The zero-order valence-corrected chi connectivity index (χ0v) is 17.5. The number of hydrogen-bond acceptors (Lipinski definition) is 6. The largest absolute Gasteiger partial charge is 0.494 e. The number of hydrogen-bond donors (Lipinski definition) is 0. The lowest BCUT2D eigenvalue weighted by atomic mass is 10.1. The summed E-state index contributed by atoms with van der Waals surface area (Å²) in [7, 11) is 0. The van der Waals surface area contributed by atoms with Crippen LogP contribution in [-0.2, 0) is 11.3 Å². The zero-order valence-electron chi connectivity index (χ0n) is 17.5. The van der Waals surface area contributed by atoms with Crippen LogP contribution in [0.3, 0.4) is 0 Å². The number of aromatic nitrogens is 1. The van der Waals surface area contributed by atoms with E-state index in [-0.39, 0.29) is 5.97 Å². The second-order valence-corrected chi connectivity index (χ2v) is 7.20. The lowest BCUT2D eigenvalue weighted by Gasteiger charge is -2.36. The highest BCUT2D eigenvalue weighted by atomic mass is 16.5. The molecule has 6 nitrogen and oxygen atoms in total. The van der Waals surface area contributed by atoms with Crippen LogP contribution in [0.15, 0.2) is 42.6 Å². The van der Waals surface area contributed by atoms with Crippen LogP contribution in [0.25, 0.3) is 0 Å². The molecule has 0 N–H and O–H groups in total. The van der Waals surface area contributed by atoms with Gasteiger partial charge in [0.1, 0.15) is 17.1 Å². The van der Waals surface area contributed by atoms with Crippen molar-refractivity contribution in [1.29, 1.82) is 0 Å². The predicted octanol–water partition coefficient (Wildman–Crippen LogP) is 3.76. The van der Waals surface area contributed by atoms with Crippen molar-refractivity contribution >= 4 is 11.8 Å². The Morgan fingerprint density at radius 1 is 1.07 bits per heavy atom. The minimum absolute atomic E-state index is 0.306. The molecule has 0 aliphatic carbocycles. The molecule has 0 radical (unpaired) electrons. The van der Waals surface area contributed by atoms with Crippen molar-refractivity contribution in [3.05, 3.63) is 53.7 Å². The maximum Gasteiger partial charge on any atom is 0.341 e. The van der Waals surface area contributed by atoms with Crippen LogP contribution in [0.1, 0.15) is 42.6 Å². The van der Waals surface area contributed by atoms with Gasteiger partial charge >= 0.3 is 5.97 Å². The number of nitrogens with zero attached hydrogens (tertiary/aromatic N) is 3. The van der Waals surface area contributed by atoms with Crippen LogP contribution in [0, 0.1) is 0 Å². The van der Waals surface area contributed by atoms with E-state index in [1.807, 2.05) is 6.92 Å². The molecule has 1 aliphatic rings. The number of carbonyl (C=O) groups excluding carboxylic acids is 1. The van der Waals surface area contributed by atoms with Gasteiger partial charge in [0.15, 0.2) is 0 Å². The predicted molar refractivity (Wildman–Crippen MR) is 115 cm³/mol. The van der Waals surface area contributed by atoms with Gasteiger partial charge in [-0.3, -0.25) is 4.90 Å². The van der Waals surface area contributed by atoms with E-state index in [1.165, 1.54) is 5.56 Å². The molecule has 0 spiro atoms. The van der Waals surface area contributed by atoms with Gasteiger partial charge in [-0.15, -0.1) is 0 Å². The van der Waals surface area contributed by atoms with E-state index in [2.05, 4.69) is 46.0 Å². The maximum absolute atomic E-state index is 12.2. The highest BCUT2D eigenvalue weighted by Gasteiger charge is 2.23. The second kappa shape index (κ2) is 10.8. The van der Waals surface area contributed by atoms with Gasteiger partial charge in [-0.2, -0.15) is 0 Å². The minimum atomic E-state index is -0.306. The number of rotatable bonds is 9. The molecule has 1 aromatic heterocycles. The monoisotopic (exact) mass is 397 g/mol. The Morgan fingerprint density at radius 2 is 1.83 bits per heavy atom. The van der Waals surface area contributed by atoms with Crippen LogP contribution in [0.5, 0.6) is 5.75 Å². The maximum atomic E-state index is 12.2. The molecule has 2 aromatic rings. The van der Waals surface area contributed by atoms with Crippen molar-refractivity contribution < 1.29 is 14.3 Å². The first kappa shape index (κ1) is 21.1. The number of piperazine rings is 1. The number of esters is 1. The summed E-state index contributed by atoms with van der Waals surface area (Å²) in [5.74, 6) is 1.35. The van der Waals surface area contributed by atoms with Crippen LogP contribution in [0.4, 0.5) is 5.82 Å². The number of carbonyl (C=O) groups is 1. The van der Waals surface area contributed by atoms with Crippen LogP contribution < -0.4 is 9.64 Å². The summed E-state index contributed by atoms with van der Waals surface area (Å²) in [6.07, 6.45) is 3.96. The average molecular weight is 398 g/mol. The standard InChI is InChI=1S/C23H31N3O3/c1-3-5-17-29-20-10-8-19(9-11-20)18-25-13-15-26(16-14-25)22-21(7-6-12-24-22)23(27)28-4-2/h6-12H,3-5,13-18H2,1-2H3. The topological polar surface area (TPSA) is 54.9 Å². The lowest BCUT2D eigenvalue weighted by molar-refractivity contribution is 0.0526. The number of ether oxygens (including phenoxy) is 2. The van der Waals surface area contributed by atoms with Crippen molar-refractivity contribution in [3.63, 3.8) is 0 Å². The van der Waals surface area contributed by atoms with Crippen LogP contribution >= 0.6 is 0 Å². The quantitative estimate of drug-likeness (QED) is 0.474. The molecule has 1 aliphatic heterocycles. The highest BCUT2D eigenvalue weighted by Crippen LogP contribution is 2.21. The van der Waals surface area contributed by atoms with E-state index in [4.69, 9.17) is 9.47 Å². The summed E-state index contributed by atoms with van der Waals surface area (Å²) in [5, 5.41) is 0. The number of anilines is 1. The molecule has 2 heterocycles. The van der Waals surface area contributed by atoms with Gasteiger partial charge in [-0.05, 0) is 43.2 Å². The second-order valence-electron chi connectivity index (χ2n) is 7.20. The first-order valence-electron chi connectivity index (χ1n) is 10.5. The van der Waals surface area contributed by atoms with Gasteiger partial charge < -0.3 is 14.4 Å². The third-order valence-electron chi connectivity index (χ3n) is 5.05. The first-order valence-corrected chi connectivity index (χ1v) is 10.5. The molecule has 0 atom stereocenters. The SMILES string of the molecule is CCCCOc1ccc(CN2CCN(c3ncccc3C(=O)OCC)CC2)cc1. The van der Waals surface area contributed by atoms with Crippen molar-refractivity contribution in [1.82, 2.24) is 9.88 Å². The van der Waals surface area contributed by atoms with Crippen molar-refractivity contribution in [2.75, 3.05) is 44.3 Å². The van der Waals surface area contributed by atoms with Gasteiger partial charge in [0.2, 0.25) is 0 Å². The average Bonchev–Trinajstić information content (AvgIpc) is 2.76. The molecule has 3 rings (SSSR count). The minimum Gasteiger partial charge on any atom is -0.494 e. The first-order chi connectivity index (χ1) is 14.2. The lowest BCUT2D eigenvalue weighted by Crippen LogP contribution is -2.46. The van der Waals surface area contributed by atoms with E-state index in [0.29, 0.717) is 12.2 Å². The Hall–Kier alpha value is -2.60. The molecule has 0 saturated carbocycles.